The summed E-state index contributed by atoms with van der Waals surface area (Å²) in [5.74, 6) is -3.09. The fourth-order valence-electron chi connectivity index (χ4n) is 2.77. The molecule has 0 atom stereocenters. The molecule has 0 spiro atoms. The van der Waals surface area contributed by atoms with Gasteiger partial charge in [-0.2, -0.15) is 0 Å². The number of benzene rings is 1. The van der Waals surface area contributed by atoms with E-state index in [0.29, 0.717) is 16.6 Å². The molecule has 0 bridgehead atoms. The number of aryl methyl sites for hydroxylation is 1. The second kappa shape index (κ2) is 5.78. The molecular formula is C18H12F2N2O2. The Labute approximate surface area is 136 Å². The van der Waals surface area contributed by atoms with Gasteiger partial charge in [0.15, 0.2) is 5.83 Å². The number of nitrogens with one attached hydrogen (secondary N) is 2. The number of carbonyl (C=O) groups excluding carboxylic acids is 2. The minimum absolute atomic E-state index is 0.163. The molecule has 2 N–H and O–H groups in total. The molecule has 1 aliphatic carbocycles. The van der Waals surface area contributed by atoms with Crippen molar-refractivity contribution in [3.05, 3.63) is 52.9 Å². The Bertz CT molecular complexity index is 990. The quantitative estimate of drug-likeness (QED) is 0.673. The first kappa shape index (κ1) is 15.7. The highest BCUT2D eigenvalue weighted by atomic mass is 19.1. The molecule has 0 saturated carbocycles. The molecule has 4 nitrogen and oxygen atoms in total. The van der Waals surface area contributed by atoms with E-state index in [1.807, 2.05) is 0 Å². The van der Waals surface area contributed by atoms with Crippen LogP contribution in [0, 0.1) is 19.3 Å². The maximum absolute atomic E-state index is 14.5. The minimum atomic E-state index is -1.46. The number of aromatic amines is 1. The summed E-state index contributed by atoms with van der Waals surface area (Å²) in [6.07, 6.45) is 5.08. The molecule has 0 amide bonds. The lowest BCUT2D eigenvalue weighted by Gasteiger charge is -2.17. The predicted molar refractivity (Wildman–Crippen MR) is 86.0 cm³/mol. The van der Waals surface area contributed by atoms with Crippen molar-refractivity contribution in [2.45, 2.75) is 6.92 Å². The molecule has 0 unspecified atom stereocenters. The molecule has 6 heteroatoms. The molecule has 1 aliphatic rings. The highest BCUT2D eigenvalue weighted by Crippen LogP contribution is 2.37. The van der Waals surface area contributed by atoms with Crippen molar-refractivity contribution in [3.8, 4) is 12.3 Å². The number of Topliss-reactive ketones (excluding diaryl/α,β-unsaturated/α-hetero) is 2. The molecule has 0 fully saturated rings. The summed E-state index contributed by atoms with van der Waals surface area (Å²) in [6, 6.07) is 6.95. The van der Waals surface area contributed by atoms with Crippen LogP contribution >= 0.6 is 0 Å². The van der Waals surface area contributed by atoms with E-state index in [-0.39, 0.29) is 12.1 Å². The van der Waals surface area contributed by atoms with E-state index >= 15 is 0 Å². The van der Waals surface area contributed by atoms with Crippen LogP contribution in [0.1, 0.15) is 11.3 Å². The Morgan fingerprint density at radius 2 is 1.88 bits per heavy atom. The van der Waals surface area contributed by atoms with E-state index in [4.69, 9.17) is 6.42 Å². The van der Waals surface area contributed by atoms with Crippen LogP contribution in [-0.2, 0) is 9.59 Å². The first-order valence-electron chi connectivity index (χ1n) is 7.11. The van der Waals surface area contributed by atoms with E-state index in [0.717, 1.165) is 0 Å². The highest BCUT2D eigenvalue weighted by molar-refractivity contribution is 6.39. The average Bonchev–Trinajstić information content (AvgIpc) is 2.89. The van der Waals surface area contributed by atoms with Crippen molar-refractivity contribution in [1.29, 1.82) is 0 Å². The van der Waals surface area contributed by atoms with Crippen molar-refractivity contribution in [2.24, 2.45) is 0 Å². The number of aromatic nitrogens is 1. The molecule has 2 aromatic rings. The van der Waals surface area contributed by atoms with Crippen LogP contribution in [0.25, 0.3) is 16.5 Å². The molecule has 1 aromatic carbocycles. The van der Waals surface area contributed by atoms with Crippen molar-refractivity contribution in [2.75, 3.05) is 6.54 Å². The van der Waals surface area contributed by atoms with Crippen LogP contribution in [0.3, 0.4) is 0 Å². The molecule has 0 saturated heterocycles. The second-order valence-electron chi connectivity index (χ2n) is 5.26. The number of halogens is 2. The summed E-state index contributed by atoms with van der Waals surface area (Å²) in [5.41, 5.74) is 0.351. The van der Waals surface area contributed by atoms with Crippen LogP contribution in [0.15, 0.2) is 41.6 Å². The van der Waals surface area contributed by atoms with Crippen LogP contribution in [-0.4, -0.2) is 23.1 Å². The zero-order valence-corrected chi connectivity index (χ0v) is 12.7. The molecule has 1 aromatic heterocycles. The Morgan fingerprint density at radius 3 is 2.58 bits per heavy atom. The monoisotopic (exact) mass is 326 g/mol. The fraction of sp³-hybridized carbons (Fsp3) is 0.111. The average molecular weight is 326 g/mol. The zero-order chi connectivity index (χ0) is 17.4. The Kier molecular flexibility index (Phi) is 3.78. The van der Waals surface area contributed by atoms with Gasteiger partial charge in [0, 0.05) is 22.2 Å². The van der Waals surface area contributed by atoms with Crippen molar-refractivity contribution in [3.63, 3.8) is 0 Å². The first-order valence-corrected chi connectivity index (χ1v) is 7.11. The van der Waals surface area contributed by atoms with Gasteiger partial charge in [0.1, 0.15) is 5.70 Å². The van der Waals surface area contributed by atoms with E-state index in [1.165, 1.54) is 0 Å². The summed E-state index contributed by atoms with van der Waals surface area (Å²) >= 11 is 0. The van der Waals surface area contributed by atoms with Gasteiger partial charge in [0.2, 0.25) is 11.6 Å². The number of terminal acetylenes is 1. The third kappa shape index (κ3) is 2.22. The number of allylic oxidation sites excluding steroid dienone is 3. The summed E-state index contributed by atoms with van der Waals surface area (Å²) in [5, 5.41) is 2.94. The summed E-state index contributed by atoms with van der Waals surface area (Å²) < 4.78 is 28.5. The van der Waals surface area contributed by atoms with Crippen molar-refractivity contribution in [1.82, 2.24) is 10.3 Å². The largest absolute Gasteiger partial charge is 0.368 e. The van der Waals surface area contributed by atoms with Crippen LogP contribution in [0.5, 0.6) is 0 Å². The maximum Gasteiger partial charge on any atom is 0.252 e. The third-order valence-corrected chi connectivity index (χ3v) is 3.80. The molecule has 24 heavy (non-hydrogen) atoms. The molecule has 0 radical (unpaired) electrons. The van der Waals surface area contributed by atoms with Gasteiger partial charge >= 0.3 is 0 Å². The number of rotatable bonds is 3. The SMILES string of the molecule is C#CCNC1=C(F)C(=O)C(F)=C(c2c(C)[nH]c3ccccc23)C1=O. The third-order valence-electron chi connectivity index (χ3n) is 3.80. The lowest BCUT2D eigenvalue weighted by Crippen LogP contribution is -2.29. The maximum atomic E-state index is 14.5. The summed E-state index contributed by atoms with van der Waals surface area (Å²) in [4.78, 5) is 27.5. The first-order chi connectivity index (χ1) is 11.5. The van der Waals surface area contributed by atoms with Gasteiger partial charge in [-0.25, -0.2) is 8.78 Å². The number of fused-ring (bicyclic) bond motifs is 1. The summed E-state index contributed by atoms with van der Waals surface area (Å²) in [7, 11) is 0. The van der Waals surface area contributed by atoms with Gasteiger partial charge in [-0.05, 0) is 13.0 Å². The minimum Gasteiger partial charge on any atom is -0.368 e. The van der Waals surface area contributed by atoms with Crippen LogP contribution < -0.4 is 5.32 Å². The van der Waals surface area contributed by atoms with E-state index in [9.17, 15) is 18.4 Å². The Balaban J connectivity index is 2.23. The lowest BCUT2D eigenvalue weighted by atomic mass is 9.90. The zero-order valence-electron chi connectivity index (χ0n) is 12.7. The number of carbonyl (C=O) groups is 2. The number of ketones is 2. The highest BCUT2D eigenvalue weighted by Gasteiger charge is 2.38. The standard InChI is InChI=1S/C18H12F2N2O2/c1-3-8-21-16-15(20)18(24)14(19)13(17(16)23)12-9(2)22-11-7-5-4-6-10(11)12/h1,4-7,21-22H,8H2,2H3. The smallest absolute Gasteiger partial charge is 0.252 e. The number of para-hydroxylation sites is 1. The van der Waals surface area contributed by atoms with E-state index in [2.05, 4.69) is 16.2 Å². The molecule has 0 aliphatic heterocycles. The van der Waals surface area contributed by atoms with Gasteiger partial charge in [-0.3, -0.25) is 9.59 Å². The van der Waals surface area contributed by atoms with Gasteiger partial charge < -0.3 is 10.3 Å². The molecule has 3 rings (SSSR count). The Morgan fingerprint density at radius 1 is 1.17 bits per heavy atom. The van der Waals surface area contributed by atoms with Crippen molar-refractivity contribution < 1.29 is 18.4 Å². The van der Waals surface area contributed by atoms with Crippen molar-refractivity contribution >= 4 is 28.0 Å². The normalized spacial score (nSPS) is 15.2. The van der Waals surface area contributed by atoms with Gasteiger partial charge in [-0.1, -0.05) is 24.1 Å². The molecule has 120 valence electrons. The lowest BCUT2D eigenvalue weighted by molar-refractivity contribution is -0.117. The number of hydrogen-bond acceptors (Lipinski definition) is 3. The number of H-pyrrole nitrogens is 1. The predicted octanol–water partition coefficient (Wildman–Crippen LogP) is 2.71. The number of hydrogen-bond donors (Lipinski definition) is 2. The van der Waals surface area contributed by atoms with E-state index < -0.39 is 34.5 Å². The fourth-order valence-corrected chi connectivity index (χ4v) is 2.77. The topological polar surface area (TPSA) is 62.0 Å². The van der Waals surface area contributed by atoms with Gasteiger partial charge in [0.25, 0.3) is 5.78 Å². The molecular weight excluding hydrogens is 314 g/mol. The van der Waals surface area contributed by atoms with E-state index in [1.54, 1.807) is 31.2 Å². The van der Waals surface area contributed by atoms with Crippen LogP contribution in [0.4, 0.5) is 8.78 Å². The Hall–Kier alpha value is -3.20. The van der Waals surface area contributed by atoms with Gasteiger partial charge in [-0.15, -0.1) is 6.42 Å². The summed E-state index contributed by atoms with van der Waals surface area (Å²) in [6.45, 7) is 1.49. The van der Waals surface area contributed by atoms with Crippen LogP contribution in [0.2, 0.25) is 0 Å². The second-order valence-corrected chi connectivity index (χ2v) is 5.26. The molecule has 1 heterocycles. The van der Waals surface area contributed by atoms with Gasteiger partial charge in [0.05, 0.1) is 12.1 Å².